The predicted octanol–water partition coefficient (Wildman–Crippen LogP) is 7.42. The first-order chi connectivity index (χ1) is 12.5. The van der Waals surface area contributed by atoms with E-state index in [1.165, 1.54) is 47.7 Å². The minimum Gasteiger partial charge on any atom is -0.0616 e. The lowest BCUT2D eigenvalue weighted by atomic mass is 9.81. The Balaban J connectivity index is 1.69. The maximum absolute atomic E-state index is 2.41. The Hall–Kier alpha value is -2.13. The SMILES string of the molecule is CC1(C)c2cc(I)ccc2-c2ccc(-c3ccc4ccccc4c3)cc21. The minimum absolute atomic E-state index is 0.0404. The molecule has 126 valence electrons. The van der Waals surface area contributed by atoms with Crippen molar-refractivity contribution in [2.75, 3.05) is 0 Å². The molecule has 26 heavy (non-hydrogen) atoms. The second-order valence-corrected chi connectivity index (χ2v) is 8.88. The standard InChI is InChI=1S/C25H19I/c1-25(2)23-14-19(18-8-7-16-5-3-4-6-17(16)13-18)9-11-21(23)22-12-10-20(26)15-24(22)25/h3-15H,1-2H3. The molecule has 0 fully saturated rings. The number of benzene rings is 4. The Bertz CT molecular complexity index is 1170. The van der Waals surface area contributed by atoms with Crippen LogP contribution in [0.15, 0.2) is 78.9 Å². The van der Waals surface area contributed by atoms with Gasteiger partial charge in [-0.1, -0.05) is 68.4 Å². The summed E-state index contributed by atoms with van der Waals surface area (Å²) < 4.78 is 1.30. The number of rotatable bonds is 1. The summed E-state index contributed by atoms with van der Waals surface area (Å²) in [6.45, 7) is 4.69. The van der Waals surface area contributed by atoms with Crippen molar-refractivity contribution >= 4 is 33.4 Å². The largest absolute Gasteiger partial charge is 0.0616 e. The molecule has 5 rings (SSSR count). The molecule has 1 aliphatic rings. The summed E-state index contributed by atoms with van der Waals surface area (Å²) in [5, 5.41) is 2.59. The molecule has 0 atom stereocenters. The van der Waals surface area contributed by atoms with Crippen LogP contribution in [-0.4, -0.2) is 0 Å². The molecule has 0 aliphatic heterocycles. The van der Waals surface area contributed by atoms with Gasteiger partial charge in [0.15, 0.2) is 0 Å². The molecule has 1 heteroatoms. The molecule has 4 aromatic carbocycles. The lowest BCUT2D eigenvalue weighted by Gasteiger charge is -2.22. The second kappa shape index (κ2) is 5.68. The van der Waals surface area contributed by atoms with Gasteiger partial charge in [0.2, 0.25) is 0 Å². The van der Waals surface area contributed by atoms with E-state index in [4.69, 9.17) is 0 Å². The summed E-state index contributed by atoms with van der Waals surface area (Å²) in [7, 11) is 0. The fourth-order valence-corrected chi connectivity index (χ4v) is 4.75. The third kappa shape index (κ3) is 2.34. The fraction of sp³-hybridized carbons (Fsp3) is 0.120. The second-order valence-electron chi connectivity index (χ2n) is 7.64. The van der Waals surface area contributed by atoms with Gasteiger partial charge in [0.1, 0.15) is 0 Å². The highest BCUT2D eigenvalue weighted by Crippen LogP contribution is 2.50. The van der Waals surface area contributed by atoms with Crippen molar-refractivity contribution < 1.29 is 0 Å². The monoisotopic (exact) mass is 446 g/mol. The van der Waals surface area contributed by atoms with Crippen molar-refractivity contribution in [1.82, 2.24) is 0 Å². The van der Waals surface area contributed by atoms with Crippen LogP contribution < -0.4 is 0 Å². The summed E-state index contributed by atoms with van der Waals surface area (Å²) in [5.41, 5.74) is 8.26. The fourth-order valence-electron chi connectivity index (χ4n) is 4.26. The van der Waals surface area contributed by atoms with E-state index in [-0.39, 0.29) is 5.41 Å². The lowest BCUT2D eigenvalue weighted by molar-refractivity contribution is 0.660. The van der Waals surface area contributed by atoms with Crippen molar-refractivity contribution in [1.29, 1.82) is 0 Å². The van der Waals surface area contributed by atoms with Gasteiger partial charge in [-0.3, -0.25) is 0 Å². The third-order valence-electron chi connectivity index (χ3n) is 5.72. The van der Waals surface area contributed by atoms with E-state index in [1.807, 2.05) is 0 Å². The normalized spacial score (nSPS) is 14.3. The molecule has 0 aromatic heterocycles. The first kappa shape index (κ1) is 16.1. The van der Waals surface area contributed by atoms with E-state index in [0.29, 0.717) is 0 Å². The molecule has 0 amide bonds. The molecule has 0 heterocycles. The zero-order valence-electron chi connectivity index (χ0n) is 14.9. The highest BCUT2D eigenvalue weighted by atomic mass is 127. The topological polar surface area (TPSA) is 0 Å². The lowest BCUT2D eigenvalue weighted by Crippen LogP contribution is -2.15. The molecular formula is C25H19I. The van der Waals surface area contributed by atoms with Crippen LogP contribution in [0.4, 0.5) is 0 Å². The van der Waals surface area contributed by atoms with Gasteiger partial charge in [-0.25, -0.2) is 0 Å². The Morgan fingerprint density at radius 2 is 1.23 bits per heavy atom. The van der Waals surface area contributed by atoms with Crippen molar-refractivity contribution in [3.63, 3.8) is 0 Å². The molecule has 0 saturated heterocycles. The minimum atomic E-state index is 0.0404. The molecule has 0 bridgehead atoms. The molecule has 1 aliphatic carbocycles. The highest BCUT2D eigenvalue weighted by Gasteiger charge is 2.35. The number of hydrogen-bond acceptors (Lipinski definition) is 0. The van der Waals surface area contributed by atoms with Crippen molar-refractivity contribution in [2.24, 2.45) is 0 Å². The number of fused-ring (bicyclic) bond motifs is 4. The molecule has 0 N–H and O–H groups in total. The third-order valence-corrected chi connectivity index (χ3v) is 6.39. The van der Waals surface area contributed by atoms with Gasteiger partial charge in [-0.05, 0) is 91.0 Å². The molecule has 0 spiro atoms. The number of hydrogen-bond donors (Lipinski definition) is 0. The molecule has 0 radical (unpaired) electrons. The quantitative estimate of drug-likeness (QED) is 0.267. The van der Waals surface area contributed by atoms with E-state index >= 15 is 0 Å². The summed E-state index contributed by atoms with van der Waals surface area (Å²) >= 11 is 2.41. The van der Waals surface area contributed by atoms with E-state index in [1.54, 1.807) is 0 Å². The van der Waals surface area contributed by atoms with Gasteiger partial charge in [0, 0.05) is 8.99 Å². The van der Waals surface area contributed by atoms with E-state index < -0.39 is 0 Å². The summed E-state index contributed by atoms with van der Waals surface area (Å²) in [5.74, 6) is 0. The predicted molar refractivity (Wildman–Crippen MR) is 120 cm³/mol. The average molecular weight is 446 g/mol. The van der Waals surface area contributed by atoms with Crippen molar-refractivity contribution in [3.05, 3.63) is 93.6 Å². The van der Waals surface area contributed by atoms with Crippen LogP contribution in [0.25, 0.3) is 33.0 Å². The van der Waals surface area contributed by atoms with Gasteiger partial charge < -0.3 is 0 Å². The Morgan fingerprint density at radius 1 is 0.615 bits per heavy atom. The molecular weight excluding hydrogens is 427 g/mol. The zero-order chi connectivity index (χ0) is 17.9. The van der Waals surface area contributed by atoms with Crippen LogP contribution in [-0.2, 0) is 5.41 Å². The molecule has 0 nitrogen and oxygen atoms in total. The molecule has 0 unspecified atom stereocenters. The first-order valence-corrected chi connectivity index (χ1v) is 10.1. The Kier molecular flexibility index (Phi) is 3.51. The number of halogens is 1. The average Bonchev–Trinajstić information content (AvgIpc) is 2.88. The smallest absolute Gasteiger partial charge is 0.0159 e. The summed E-state index contributed by atoms with van der Waals surface area (Å²) in [6.07, 6.45) is 0. The molecule has 4 aromatic rings. The maximum Gasteiger partial charge on any atom is 0.0159 e. The van der Waals surface area contributed by atoms with Gasteiger partial charge >= 0.3 is 0 Å². The zero-order valence-corrected chi connectivity index (χ0v) is 17.0. The first-order valence-electron chi connectivity index (χ1n) is 8.98. The van der Waals surface area contributed by atoms with Crippen LogP contribution in [0.3, 0.4) is 0 Å². The van der Waals surface area contributed by atoms with Crippen LogP contribution in [0.1, 0.15) is 25.0 Å². The van der Waals surface area contributed by atoms with Crippen LogP contribution in [0.5, 0.6) is 0 Å². The van der Waals surface area contributed by atoms with E-state index in [0.717, 1.165) is 0 Å². The van der Waals surface area contributed by atoms with Gasteiger partial charge in [-0.2, -0.15) is 0 Å². The van der Waals surface area contributed by atoms with Crippen molar-refractivity contribution in [3.8, 4) is 22.3 Å². The van der Waals surface area contributed by atoms with Gasteiger partial charge in [0.05, 0.1) is 0 Å². The van der Waals surface area contributed by atoms with Crippen molar-refractivity contribution in [2.45, 2.75) is 19.3 Å². The van der Waals surface area contributed by atoms with Crippen LogP contribution in [0.2, 0.25) is 0 Å². The summed E-state index contributed by atoms with van der Waals surface area (Å²) in [4.78, 5) is 0. The highest BCUT2D eigenvalue weighted by molar-refractivity contribution is 14.1. The van der Waals surface area contributed by atoms with E-state index in [9.17, 15) is 0 Å². The van der Waals surface area contributed by atoms with Crippen LogP contribution >= 0.6 is 22.6 Å². The maximum atomic E-state index is 2.41. The Labute approximate surface area is 168 Å². The van der Waals surface area contributed by atoms with Crippen LogP contribution in [0, 0.1) is 3.57 Å². The summed E-state index contributed by atoms with van der Waals surface area (Å²) in [6, 6.07) is 29.1. The van der Waals surface area contributed by atoms with Gasteiger partial charge in [-0.15, -0.1) is 0 Å². The Morgan fingerprint density at radius 3 is 2.04 bits per heavy atom. The van der Waals surface area contributed by atoms with Gasteiger partial charge in [0.25, 0.3) is 0 Å². The van der Waals surface area contributed by atoms with E-state index in [2.05, 4.69) is 115 Å². The molecule has 0 saturated carbocycles.